The minimum atomic E-state index is -1.08. The zero-order chi connectivity index (χ0) is 22.6. The Hall–Kier alpha value is -3.53. The summed E-state index contributed by atoms with van der Waals surface area (Å²) in [6, 6.07) is 5.36. The Labute approximate surface area is 181 Å². The normalized spacial score (nSPS) is 17.8. The number of nitrogens with zero attached hydrogens (tertiary/aromatic N) is 4. The van der Waals surface area contributed by atoms with E-state index in [9.17, 15) is 14.3 Å². The maximum Gasteiger partial charge on any atom is 0.231 e. The van der Waals surface area contributed by atoms with E-state index in [4.69, 9.17) is 0 Å². The van der Waals surface area contributed by atoms with Gasteiger partial charge in [0, 0.05) is 31.2 Å². The third-order valence-electron chi connectivity index (χ3n) is 5.93. The van der Waals surface area contributed by atoms with Gasteiger partial charge in [0.25, 0.3) is 0 Å². The van der Waals surface area contributed by atoms with E-state index in [1.165, 1.54) is 0 Å². The van der Waals surface area contributed by atoms with Crippen LogP contribution in [0, 0.1) is 18.7 Å². The molecule has 3 aromatic heterocycles. The zero-order valence-electron chi connectivity index (χ0n) is 17.6. The number of halogens is 2. The van der Waals surface area contributed by atoms with E-state index in [0.29, 0.717) is 33.7 Å². The summed E-state index contributed by atoms with van der Waals surface area (Å²) in [6.45, 7) is 1.89. The monoisotopic (exact) mass is 440 g/mol. The highest BCUT2D eigenvalue weighted by atomic mass is 19.1. The number of rotatable bonds is 6. The molecule has 1 aromatic carbocycles. The molecular weight excluding hydrogens is 418 g/mol. The van der Waals surface area contributed by atoms with E-state index in [1.807, 2.05) is 12.1 Å². The highest BCUT2D eigenvalue weighted by Gasteiger charge is 2.43. The van der Waals surface area contributed by atoms with Gasteiger partial charge in [0.1, 0.15) is 6.17 Å². The van der Waals surface area contributed by atoms with Crippen molar-refractivity contribution in [3.63, 3.8) is 0 Å². The van der Waals surface area contributed by atoms with Crippen LogP contribution in [0.1, 0.15) is 12.0 Å². The molecule has 4 aromatic rings. The number of aromatic nitrogens is 4. The number of amides is 1. The number of alkyl halides is 1. The van der Waals surface area contributed by atoms with Crippen LogP contribution in [0.4, 0.5) is 20.3 Å². The van der Waals surface area contributed by atoms with Gasteiger partial charge in [0.2, 0.25) is 5.91 Å². The summed E-state index contributed by atoms with van der Waals surface area (Å²) in [5.74, 6) is -1.03. The molecule has 1 amide bonds. The summed E-state index contributed by atoms with van der Waals surface area (Å²) >= 11 is 0. The van der Waals surface area contributed by atoms with Crippen LogP contribution in [0.5, 0.6) is 0 Å². The molecule has 1 saturated carbocycles. The summed E-state index contributed by atoms with van der Waals surface area (Å²) in [7, 11) is 1.72. The Morgan fingerprint density at radius 2 is 2.22 bits per heavy atom. The summed E-state index contributed by atoms with van der Waals surface area (Å²) < 4.78 is 30.2. The van der Waals surface area contributed by atoms with Gasteiger partial charge in [-0.05, 0) is 42.2 Å². The summed E-state index contributed by atoms with van der Waals surface area (Å²) in [5.41, 5.74) is 3.52. The maximum absolute atomic E-state index is 15.4. The smallest absolute Gasteiger partial charge is 0.231 e. The number of hydrogen-bond acceptors (Lipinski definition) is 5. The van der Waals surface area contributed by atoms with Gasteiger partial charge >= 0.3 is 0 Å². The van der Waals surface area contributed by atoms with Crippen molar-refractivity contribution in [3.05, 3.63) is 42.0 Å². The second-order valence-corrected chi connectivity index (χ2v) is 8.13. The van der Waals surface area contributed by atoms with Gasteiger partial charge in [-0.1, -0.05) is 0 Å². The molecule has 2 unspecified atom stereocenters. The fraction of sp³-hybridized carbons (Fsp3) is 0.318. The molecule has 1 fully saturated rings. The first kappa shape index (κ1) is 20.4. The second kappa shape index (κ2) is 7.56. The molecule has 1 aliphatic carbocycles. The van der Waals surface area contributed by atoms with Crippen LogP contribution in [-0.4, -0.2) is 57.2 Å². The van der Waals surface area contributed by atoms with E-state index in [1.54, 1.807) is 41.8 Å². The average Bonchev–Trinajstić information content (AvgIpc) is 3.12. The molecule has 5 rings (SSSR count). The molecule has 3 heterocycles. The van der Waals surface area contributed by atoms with Crippen LogP contribution in [0.3, 0.4) is 0 Å². The number of aliphatic hydroxyl groups is 1. The first-order valence-electron chi connectivity index (χ1n) is 10.3. The molecule has 10 heteroatoms. The van der Waals surface area contributed by atoms with Gasteiger partial charge in [-0.25, -0.2) is 13.3 Å². The van der Waals surface area contributed by atoms with Crippen molar-refractivity contribution in [1.29, 1.82) is 0 Å². The van der Waals surface area contributed by atoms with Crippen LogP contribution in [0.15, 0.2) is 30.6 Å². The number of hydrogen-bond donors (Lipinski definition) is 3. The number of likely N-dealkylation sites (N-methyl/N-ethyl adjacent to an activating group) is 1. The Morgan fingerprint density at radius 3 is 2.94 bits per heavy atom. The van der Waals surface area contributed by atoms with Crippen LogP contribution in [-0.2, 0) is 4.79 Å². The van der Waals surface area contributed by atoms with Crippen molar-refractivity contribution in [1.82, 2.24) is 19.8 Å². The minimum Gasteiger partial charge on any atom is -0.395 e. The molecule has 8 nitrogen and oxygen atoms in total. The number of pyridine rings is 1. The molecule has 2 atom stereocenters. The van der Waals surface area contributed by atoms with E-state index in [-0.39, 0.29) is 31.3 Å². The van der Waals surface area contributed by atoms with Crippen molar-refractivity contribution >= 4 is 33.8 Å². The second-order valence-electron chi connectivity index (χ2n) is 8.13. The largest absolute Gasteiger partial charge is 0.395 e. The van der Waals surface area contributed by atoms with Gasteiger partial charge in [-0.3, -0.25) is 9.89 Å². The fourth-order valence-electron chi connectivity index (χ4n) is 4.11. The van der Waals surface area contributed by atoms with E-state index in [0.717, 1.165) is 10.9 Å². The molecule has 0 aliphatic heterocycles. The van der Waals surface area contributed by atoms with Crippen molar-refractivity contribution < 1.29 is 18.7 Å². The predicted octanol–water partition coefficient (Wildman–Crippen LogP) is 3.05. The maximum atomic E-state index is 15.4. The lowest BCUT2D eigenvalue weighted by Gasteiger charge is -2.22. The first-order chi connectivity index (χ1) is 15.4. The molecule has 166 valence electrons. The Balaban J connectivity index is 1.57. The summed E-state index contributed by atoms with van der Waals surface area (Å²) in [6.07, 6.45) is 2.55. The zero-order valence-corrected chi connectivity index (χ0v) is 17.6. The van der Waals surface area contributed by atoms with Gasteiger partial charge in [-0.2, -0.15) is 10.2 Å². The van der Waals surface area contributed by atoms with Crippen LogP contribution < -0.4 is 10.2 Å². The number of benzene rings is 1. The molecule has 0 bridgehead atoms. The predicted molar refractivity (Wildman–Crippen MR) is 117 cm³/mol. The molecule has 0 saturated heterocycles. The molecular formula is C22H22F2N6O2. The SMILES string of the molecule is Cc1c(F)c(N(C)CCO)c2[nH]ncc2c1-c1ccn2nc(NC(=O)C3CC3F)cc2c1. The molecule has 3 N–H and O–H groups in total. The number of H-pyrrole nitrogens is 1. The van der Waals surface area contributed by atoms with E-state index in [2.05, 4.69) is 20.6 Å². The Morgan fingerprint density at radius 1 is 1.44 bits per heavy atom. The Kier molecular flexibility index (Phi) is 4.81. The number of nitrogens with one attached hydrogen (secondary N) is 2. The summed E-state index contributed by atoms with van der Waals surface area (Å²) in [5, 5.41) is 24.0. The molecule has 1 aliphatic rings. The van der Waals surface area contributed by atoms with Crippen molar-refractivity contribution in [2.24, 2.45) is 5.92 Å². The quantitative estimate of drug-likeness (QED) is 0.428. The lowest BCUT2D eigenvalue weighted by molar-refractivity contribution is -0.117. The highest BCUT2D eigenvalue weighted by molar-refractivity contribution is 6.03. The van der Waals surface area contributed by atoms with Crippen molar-refractivity contribution in [2.75, 3.05) is 30.4 Å². The van der Waals surface area contributed by atoms with Crippen molar-refractivity contribution in [3.8, 4) is 11.1 Å². The lowest BCUT2D eigenvalue weighted by Crippen LogP contribution is -2.23. The number of aliphatic hydroxyl groups excluding tert-OH is 1. The number of fused-ring (bicyclic) bond motifs is 2. The van der Waals surface area contributed by atoms with Gasteiger partial charge in [0.05, 0.1) is 35.4 Å². The number of carbonyl (C=O) groups excluding carboxylic acids is 1. The van der Waals surface area contributed by atoms with Gasteiger partial charge in [-0.15, -0.1) is 0 Å². The van der Waals surface area contributed by atoms with Crippen LogP contribution >= 0.6 is 0 Å². The van der Waals surface area contributed by atoms with Crippen molar-refractivity contribution in [2.45, 2.75) is 19.5 Å². The van der Waals surface area contributed by atoms with Crippen LogP contribution in [0.2, 0.25) is 0 Å². The third kappa shape index (κ3) is 3.27. The average molecular weight is 440 g/mol. The molecule has 0 spiro atoms. The van der Waals surface area contributed by atoms with Gasteiger partial charge < -0.3 is 15.3 Å². The van der Waals surface area contributed by atoms with Gasteiger partial charge in [0.15, 0.2) is 11.6 Å². The third-order valence-corrected chi connectivity index (χ3v) is 5.93. The Bertz CT molecular complexity index is 1350. The number of carbonyl (C=O) groups is 1. The minimum absolute atomic E-state index is 0.101. The topological polar surface area (TPSA) is 98.6 Å². The number of aromatic amines is 1. The van der Waals surface area contributed by atoms with Crippen LogP contribution in [0.25, 0.3) is 27.5 Å². The van der Waals surface area contributed by atoms with E-state index >= 15 is 4.39 Å². The number of anilines is 2. The molecule has 32 heavy (non-hydrogen) atoms. The standard InChI is InChI=1S/C22H22F2N6O2/c1-11-18(15-10-25-27-20(15)21(19(11)24)29(2)5-6-31)12-3-4-30-13(7-12)8-17(28-30)26-22(32)14-9-16(14)23/h3-4,7-8,10,14,16,31H,5-6,9H2,1-2H3,(H,25,27)(H,26,28,32). The molecule has 0 radical (unpaired) electrons. The fourth-order valence-corrected chi connectivity index (χ4v) is 4.11. The van der Waals surface area contributed by atoms with E-state index < -0.39 is 12.1 Å². The first-order valence-corrected chi connectivity index (χ1v) is 10.3. The lowest BCUT2D eigenvalue weighted by atomic mass is 9.95. The summed E-state index contributed by atoms with van der Waals surface area (Å²) in [4.78, 5) is 13.7. The highest BCUT2D eigenvalue weighted by Crippen LogP contribution is 2.40.